The van der Waals surface area contributed by atoms with Crippen LogP contribution in [0, 0.1) is 5.92 Å². The fraction of sp³-hybridized carbons (Fsp3) is 0.421. The highest BCUT2D eigenvalue weighted by atomic mass is 16.1. The second kappa shape index (κ2) is 6.59. The SMILES string of the molecule is O=C(Nc1ccc2c(c1)CCC2)[C@H]1CCCN(c2ncccn2)C1. The molecule has 1 aliphatic heterocycles. The van der Waals surface area contributed by atoms with Crippen LogP contribution in [0.25, 0.3) is 0 Å². The van der Waals surface area contributed by atoms with E-state index in [0.717, 1.165) is 37.9 Å². The Labute approximate surface area is 142 Å². The Hall–Kier alpha value is -2.43. The van der Waals surface area contributed by atoms with E-state index in [1.165, 1.54) is 17.5 Å². The fourth-order valence-corrected chi connectivity index (χ4v) is 3.72. The van der Waals surface area contributed by atoms with E-state index in [1.807, 2.05) is 12.1 Å². The molecule has 2 heterocycles. The summed E-state index contributed by atoms with van der Waals surface area (Å²) in [5, 5.41) is 3.11. The van der Waals surface area contributed by atoms with E-state index in [-0.39, 0.29) is 11.8 Å². The molecule has 1 atom stereocenters. The zero-order valence-corrected chi connectivity index (χ0v) is 13.7. The Morgan fingerprint density at radius 1 is 1.12 bits per heavy atom. The summed E-state index contributed by atoms with van der Waals surface area (Å²) in [5.41, 5.74) is 3.74. The summed E-state index contributed by atoms with van der Waals surface area (Å²) >= 11 is 0. The zero-order valence-electron chi connectivity index (χ0n) is 13.7. The van der Waals surface area contributed by atoms with E-state index in [4.69, 9.17) is 0 Å². The Morgan fingerprint density at radius 2 is 1.96 bits per heavy atom. The van der Waals surface area contributed by atoms with E-state index in [1.54, 1.807) is 12.4 Å². The number of amides is 1. The number of carbonyl (C=O) groups excluding carboxylic acids is 1. The topological polar surface area (TPSA) is 58.1 Å². The molecule has 2 aliphatic rings. The van der Waals surface area contributed by atoms with E-state index in [9.17, 15) is 4.79 Å². The van der Waals surface area contributed by atoms with Crippen molar-refractivity contribution in [1.29, 1.82) is 0 Å². The van der Waals surface area contributed by atoms with Crippen LogP contribution in [0.3, 0.4) is 0 Å². The van der Waals surface area contributed by atoms with Crippen molar-refractivity contribution in [2.24, 2.45) is 5.92 Å². The number of nitrogens with one attached hydrogen (secondary N) is 1. The van der Waals surface area contributed by atoms with Gasteiger partial charge in [0.25, 0.3) is 0 Å². The maximum atomic E-state index is 12.7. The van der Waals surface area contributed by atoms with Gasteiger partial charge in [-0.05, 0) is 61.4 Å². The minimum absolute atomic E-state index is 0.0178. The summed E-state index contributed by atoms with van der Waals surface area (Å²) in [6.45, 7) is 1.59. The van der Waals surface area contributed by atoms with Gasteiger partial charge in [0, 0.05) is 31.2 Å². The Morgan fingerprint density at radius 3 is 2.83 bits per heavy atom. The lowest BCUT2D eigenvalue weighted by molar-refractivity contribution is -0.120. The number of anilines is 2. The lowest BCUT2D eigenvalue weighted by Crippen LogP contribution is -2.41. The number of aryl methyl sites for hydroxylation is 2. The van der Waals surface area contributed by atoms with Gasteiger partial charge in [-0.3, -0.25) is 4.79 Å². The van der Waals surface area contributed by atoms with Gasteiger partial charge in [0.1, 0.15) is 0 Å². The number of aromatic nitrogens is 2. The third-order valence-electron chi connectivity index (χ3n) is 4.99. The highest BCUT2D eigenvalue weighted by Gasteiger charge is 2.27. The standard InChI is InChI=1S/C19H22N4O/c24-18(22-17-8-7-14-4-1-5-15(14)12-17)16-6-2-11-23(13-16)19-20-9-3-10-21-19/h3,7-10,12,16H,1-2,4-6,11,13H2,(H,22,24)/t16-/m0/s1. The van der Waals surface area contributed by atoms with Gasteiger partial charge in [0.15, 0.2) is 0 Å². The van der Waals surface area contributed by atoms with Gasteiger partial charge >= 0.3 is 0 Å². The number of nitrogens with zero attached hydrogens (tertiary/aromatic N) is 3. The molecule has 0 saturated carbocycles. The highest BCUT2D eigenvalue weighted by Crippen LogP contribution is 2.26. The number of piperidine rings is 1. The molecular weight excluding hydrogens is 300 g/mol. The third kappa shape index (κ3) is 3.11. The highest BCUT2D eigenvalue weighted by molar-refractivity contribution is 5.93. The van der Waals surface area contributed by atoms with Gasteiger partial charge < -0.3 is 10.2 Å². The summed E-state index contributed by atoms with van der Waals surface area (Å²) in [6, 6.07) is 8.14. The minimum atomic E-state index is -0.0178. The Balaban J connectivity index is 1.42. The van der Waals surface area contributed by atoms with Crippen LogP contribution in [-0.4, -0.2) is 29.0 Å². The van der Waals surface area contributed by atoms with Gasteiger partial charge in [0.2, 0.25) is 11.9 Å². The van der Waals surface area contributed by atoms with Gasteiger partial charge in [-0.15, -0.1) is 0 Å². The molecule has 0 spiro atoms. The smallest absolute Gasteiger partial charge is 0.229 e. The van der Waals surface area contributed by atoms with E-state index >= 15 is 0 Å². The fourth-order valence-electron chi connectivity index (χ4n) is 3.72. The minimum Gasteiger partial charge on any atom is -0.340 e. The van der Waals surface area contributed by atoms with Crippen molar-refractivity contribution in [3.8, 4) is 0 Å². The summed E-state index contributed by atoms with van der Waals surface area (Å²) in [7, 11) is 0. The second-order valence-corrected chi connectivity index (χ2v) is 6.66. The van der Waals surface area contributed by atoms with Crippen LogP contribution < -0.4 is 10.2 Å². The summed E-state index contributed by atoms with van der Waals surface area (Å²) in [4.78, 5) is 23.4. The number of carbonyl (C=O) groups is 1. The molecule has 1 aliphatic carbocycles. The molecule has 5 heteroatoms. The van der Waals surface area contributed by atoms with Crippen LogP contribution in [0.15, 0.2) is 36.7 Å². The first-order chi connectivity index (χ1) is 11.8. The molecule has 1 fully saturated rings. The van der Waals surface area contributed by atoms with Crippen molar-refractivity contribution < 1.29 is 4.79 Å². The number of hydrogen-bond acceptors (Lipinski definition) is 4. The van der Waals surface area contributed by atoms with Crippen LogP contribution in [0.2, 0.25) is 0 Å². The van der Waals surface area contributed by atoms with Crippen molar-refractivity contribution >= 4 is 17.5 Å². The predicted molar refractivity (Wildman–Crippen MR) is 94.1 cm³/mol. The normalized spacial score (nSPS) is 19.8. The van der Waals surface area contributed by atoms with Gasteiger partial charge in [-0.25, -0.2) is 9.97 Å². The van der Waals surface area contributed by atoms with Gasteiger partial charge in [0.05, 0.1) is 5.92 Å². The van der Waals surface area contributed by atoms with Crippen LogP contribution in [-0.2, 0) is 17.6 Å². The average Bonchev–Trinajstić information content (AvgIpc) is 3.10. The van der Waals surface area contributed by atoms with Crippen molar-refractivity contribution in [2.45, 2.75) is 32.1 Å². The van der Waals surface area contributed by atoms with Crippen molar-refractivity contribution in [1.82, 2.24) is 9.97 Å². The lowest BCUT2D eigenvalue weighted by atomic mass is 9.97. The number of rotatable bonds is 3. The monoisotopic (exact) mass is 322 g/mol. The van der Waals surface area contributed by atoms with Crippen LogP contribution in [0.4, 0.5) is 11.6 Å². The second-order valence-electron chi connectivity index (χ2n) is 6.66. The van der Waals surface area contributed by atoms with Crippen LogP contribution in [0.5, 0.6) is 0 Å². The summed E-state index contributed by atoms with van der Waals surface area (Å²) < 4.78 is 0. The van der Waals surface area contributed by atoms with Crippen molar-refractivity contribution in [3.05, 3.63) is 47.8 Å². The number of benzene rings is 1. The molecule has 124 valence electrons. The molecule has 0 radical (unpaired) electrons. The van der Waals surface area contributed by atoms with Crippen LogP contribution >= 0.6 is 0 Å². The maximum absolute atomic E-state index is 12.7. The molecular formula is C19H22N4O. The van der Waals surface area contributed by atoms with Crippen LogP contribution in [0.1, 0.15) is 30.4 Å². The third-order valence-corrected chi connectivity index (χ3v) is 4.99. The summed E-state index contributed by atoms with van der Waals surface area (Å²) in [5.74, 6) is 0.803. The first kappa shape index (κ1) is 15.1. The first-order valence-electron chi connectivity index (χ1n) is 8.74. The van der Waals surface area contributed by atoms with Crippen molar-refractivity contribution in [2.75, 3.05) is 23.3 Å². The maximum Gasteiger partial charge on any atom is 0.229 e. The zero-order chi connectivity index (χ0) is 16.4. The molecule has 1 aromatic heterocycles. The van der Waals surface area contributed by atoms with Gasteiger partial charge in [-0.2, -0.15) is 0 Å². The Kier molecular flexibility index (Phi) is 4.15. The molecule has 1 saturated heterocycles. The summed E-state index contributed by atoms with van der Waals surface area (Å²) in [6.07, 6.45) is 8.91. The molecule has 0 bridgehead atoms. The molecule has 24 heavy (non-hydrogen) atoms. The predicted octanol–water partition coefficient (Wildman–Crippen LogP) is 2.82. The molecule has 0 unspecified atom stereocenters. The molecule has 2 aromatic rings. The molecule has 1 N–H and O–H groups in total. The molecule has 1 aromatic carbocycles. The van der Waals surface area contributed by atoms with Gasteiger partial charge in [-0.1, -0.05) is 6.07 Å². The van der Waals surface area contributed by atoms with E-state index in [2.05, 4.69) is 32.3 Å². The molecule has 5 nitrogen and oxygen atoms in total. The largest absolute Gasteiger partial charge is 0.340 e. The Bertz CT molecular complexity index is 731. The number of fused-ring (bicyclic) bond motifs is 1. The quantitative estimate of drug-likeness (QED) is 0.944. The van der Waals surface area contributed by atoms with E-state index in [0.29, 0.717) is 12.5 Å². The van der Waals surface area contributed by atoms with E-state index < -0.39 is 0 Å². The average molecular weight is 322 g/mol. The number of hydrogen-bond donors (Lipinski definition) is 1. The molecule has 4 rings (SSSR count). The lowest BCUT2D eigenvalue weighted by Gasteiger charge is -2.31. The first-order valence-corrected chi connectivity index (χ1v) is 8.74. The van der Waals surface area contributed by atoms with Crippen molar-refractivity contribution in [3.63, 3.8) is 0 Å². The molecule has 1 amide bonds.